The topological polar surface area (TPSA) is 41.6 Å². The van der Waals surface area contributed by atoms with Gasteiger partial charge in [-0.2, -0.15) is 0 Å². The fraction of sp³-hybridized carbons (Fsp3) is 0.909. The van der Waals surface area contributed by atoms with Gasteiger partial charge in [-0.1, -0.05) is 6.92 Å². The number of ether oxygens (including phenoxy) is 1. The van der Waals surface area contributed by atoms with Gasteiger partial charge < -0.3 is 15.0 Å². The Labute approximate surface area is 92.0 Å². The van der Waals surface area contributed by atoms with E-state index in [2.05, 4.69) is 12.2 Å². The third kappa shape index (κ3) is 3.38. The van der Waals surface area contributed by atoms with E-state index in [1.807, 2.05) is 27.8 Å². The van der Waals surface area contributed by atoms with Crippen molar-refractivity contribution in [1.29, 1.82) is 0 Å². The summed E-state index contributed by atoms with van der Waals surface area (Å²) < 4.78 is 5.32. The van der Waals surface area contributed by atoms with E-state index >= 15 is 0 Å². The first-order valence-corrected chi connectivity index (χ1v) is 5.48. The summed E-state index contributed by atoms with van der Waals surface area (Å²) in [5.74, 6) is 0.488. The van der Waals surface area contributed by atoms with Crippen molar-refractivity contribution < 1.29 is 9.53 Å². The third-order valence-corrected chi connectivity index (χ3v) is 2.63. The van der Waals surface area contributed by atoms with Gasteiger partial charge in [0, 0.05) is 19.1 Å². The third-order valence-electron chi connectivity index (χ3n) is 2.63. The first-order valence-electron chi connectivity index (χ1n) is 5.48. The van der Waals surface area contributed by atoms with Gasteiger partial charge in [0.2, 0.25) is 0 Å². The number of nitrogens with one attached hydrogen (secondary N) is 1. The van der Waals surface area contributed by atoms with Gasteiger partial charge in [-0.15, -0.1) is 0 Å². The maximum absolute atomic E-state index is 11.7. The number of hydrogen-bond donors (Lipinski definition) is 1. The molecule has 0 saturated carbocycles. The molecule has 4 heteroatoms. The smallest absolute Gasteiger partial charge is 0.410 e. The van der Waals surface area contributed by atoms with Crippen LogP contribution in [0.15, 0.2) is 0 Å². The van der Waals surface area contributed by atoms with Gasteiger partial charge in [-0.05, 0) is 33.7 Å². The first-order chi connectivity index (χ1) is 6.83. The van der Waals surface area contributed by atoms with Crippen molar-refractivity contribution in [3.8, 4) is 0 Å². The number of hydrogen-bond acceptors (Lipinski definition) is 3. The quantitative estimate of drug-likeness (QED) is 0.718. The zero-order valence-electron chi connectivity index (χ0n) is 10.3. The second kappa shape index (κ2) is 4.39. The van der Waals surface area contributed by atoms with Gasteiger partial charge in [-0.3, -0.25) is 0 Å². The van der Waals surface area contributed by atoms with Crippen molar-refractivity contribution >= 4 is 6.09 Å². The summed E-state index contributed by atoms with van der Waals surface area (Å²) in [4.78, 5) is 13.5. The van der Waals surface area contributed by atoms with Crippen LogP contribution < -0.4 is 5.32 Å². The summed E-state index contributed by atoms with van der Waals surface area (Å²) in [5, 5.41) is 3.21. The summed E-state index contributed by atoms with van der Waals surface area (Å²) >= 11 is 0. The highest BCUT2D eigenvalue weighted by Gasteiger charge is 2.33. The largest absolute Gasteiger partial charge is 0.444 e. The van der Waals surface area contributed by atoms with Gasteiger partial charge >= 0.3 is 6.09 Å². The minimum absolute atomic E-state index is 0.202. The Hall–Kier alpha value is -0.770. The molecule has 1 rings (SSSR count). The van der Waals surface area contributed by atoms with Crippen molar-refractivity contribution in [3.05, 3.63) is 0 Å². The lowest BCUT2D eigenvalue weighted by Gasteiger charge is -2.24. The lowest BCUT2D eigenvalue weighted by atomic mass is 10.1. The van der Waals surface area contributed by atoms with Crippen LogP contribution in [-0.2, 0) is 4.74 Å². The molecule has 0 unspecified atom stereocenters. The Morgan fingerprint density at radius 3 is 2.40 bits per heavy atom. The molecule has 1 N–H and O–H groups in total. The molecule has 0 aromatic heterocycles. The van der Waals surface area contributed by atoms with Gasteiger partial charge in [-0.25, -0.2) is 4.79 Å². The highest BCUT2D eigenvalue weighted by molar-refractivity contribution is 5.68. The van der Waals surface area contributed by atoms with Gasteiger partial charge in [0.05, 0.1) is 0 Å². The molecule has 4 nitrogen and oxygen atoms in total. The van der Waals surface area contributed by atoms with E-state index in [1.165, 1.54) is 0 Å². The second-order valence-corrected chi connectivity index (χ2v) is 5.26. The molecule has 2 atom stereocenters. The molecule has 1 heterocycles. The highest BCUT2D eigenvalue weighted by atomic mass is 16.6. The van der Waals surface area contributed by atoms with Crippen LogP contribution in [0.3, 0.4) is 0 Å². The SMILES string of the molecule is CN[C@@H]1CN(C(=O)OC(C)(C)C)C[C@H]1C. The minimum atomic E-state index is -0.405. The number of carbonyl (C=O) groups is 1. The predicted octanol–water partition coefficient (Wildman–Crippen LogP) is 1.46. The number of carbonyl (C=O) groups excluding carboxylic acids is 1. The van der Waals surface area contributed by atoms with E-state index in [0.29, 0.717) is 12.0 Å². The normalized spacial score (nSPS) is 26.9. The summed E-state index contributed by atoms with van der Waals surface area (Å²) in [5.41, 5.74) is -0.405. The van der Waals surface area contributed by atoms with Crippen LogP contribution in [-0.4, -0.2) is 42.8 Å². The summed E-state index contributed by atoms with van der Waals surface area (Å²) in [6, 6.07) is 0.387. The van der Waals surface area contributed by atoms with Crippen molar-refractivity contribution in [2.45, 2.75) is 39.3 Å². The van der Waals surface area contributed by atoms with E-state index in [9.17, 15) is 4.79 Å². The Kier molecular flexibility index (Phi) is 3.60. The van der Waals surface area contributed by atoms with Crippen LogP contribution in [0.5, 0.6) is 0 Å². The summed E-state index contributed by atoms with van der Waals surface area (Å²) in [6.07, 6.45) is -0.202. The van der Waals surface area contributed by atoms with Crippen LogP contribution in [0.1, 0.15) is 27.7 Å². The van der Waals surface area contributed by atoms with Crippen LogP contribution in [0.2, 0.25) is 0 Å². The van der Waals surface area contributed by atoms with Crippen LogP contribution >= 0.6 is 0 Å². The molecule has 1 aliphatic heterocycles. The van der Waals surface area contributed by atoms with Crippen molar-refractivity contribution in [2.75, 3.05) is 20.1 Å². The molecular formula is C11H22N2O2. The Bertz CT molecular complexity index is 235. The van der Waals surface area contributed by atoms with Crippen LogP contribution in [0.25, 0.3) is 0 Å². The van der Waals surface area contributed by atoms with E-state index in [4.69, 9.17) is 4.74 Å². The van der Waals surface area contributed by atoms with E-state index < -0.39 is 5.60 Å². The Balaban J connectivity index is 2.50. The summed E-state index contributed by atoms with van der Waals surface area (Å²) in [7, 11) is 1.93. The molecule has 0 aromatic rings. The zero-order valence-corrected chi connectivity index (χ0v) is 10.3. The maximum Gasteiger partial charge on any atom is 0.410 e. The maximum atomic E-state index is 11.7. The van der Waals surface area contributed by atoms with E-state index in [0.717, 1.165) is 13.1 Å². The predicted molar refractivity (Wildman–Crippen MR) is 59.8 cm³/mol. The standard InChI is InChI=1S/C11H22N2O2/c1-8-6-13(7-9(8)12-5)10(14)15-11(2,3)4/h8-9,12H,6-7H2,1-5H3/t8-,9-/m1/s1. The van der Waals surface area contributed by atoms with Crippen molar-refractivity contribution in [1.82, 2.24) is 10.2 Å². The van der Waals surface area contributed by atoms with Gasteiger partial charge in [0.15, 0.2) is 0 Å². The van der Waals surface area contributed by atoms with Crippen molar-refractivity contribution in [2.24, 2.45) is 5.92 Å². The zero-order chi connectivity index (χ0) is 11.6. The average Bonchev–Trinajstić information content (AvgIpc) is 2.43. The van der Waals surface area contributed by atoms with E-state index in [-0.39, 0.29) is 6.09 Å². The fourth-order valence-corrected chi connectivity index (χ4v) is 1.82. The Morgan fingerprint density at radius 1 is 1.40 bits per heavy atom. The average molecular weight is 214 g/mol. The van der Waals surface area contributed by atoms with E-state index in [1.54, 1.807) is 4.90 Å². The molecule has 15 heavy (non-hydrogen) atoms. The molecule has 1 fully saturated rings. The molecule has 1 aliphatic rings. The first kappa shape index (κ1) is 12.3. The molecular weight excluding hydrogens is 192 g/mol. The lowest BCUT2D eigenvalue weighted by Crippen LogP contribution is -2.37. The Morgan fingerprint density at radius 2 is 2.00 bits per heavy atom. The fourth-order valence-electron chi connectivity index (χ4n) is 1.82. The van der Waals surface area contributed by atoms with Crippen LogP contribution in [0, 0.1) is 5.92 Å². The van der Waals surface area contributed by atoms with Gasteiger partial charge in [0.25, 0.3) is 0 Å². The number of rotatable bonds is 1. The molecule has 1 saturated heterocycles. The molecule has 0 bridgehead atoms. The summed E-state index contributed by atoms with van der Waals surface area (Å²) in [6.45, 7) is 9.33. The molecule has 0 radical (unpaired) electrons. The monoisotopic (exact) mass is 214 g/mol. The number of likely N-dealkylation sites (N-methyl/N-ethyl adjacent to an activating group) is 1. The second-order valence-electron chi connectivity index (χ2n) is 5.26. The molecule has 0 aromatic carbocycles. The number of nitrogens with zero attached hydrogens (tertiary/aromatic N) is 1. The van der Waals surface area contributed by atoms with Crippen LogP contribution in [0.4, 0.5) is 4.79 Å². The highest BCUT2D eigenvalue weighted by Crippen LogP contribution is 2.19. The molecule has 1 amide bonds. The van der Waals surface area contributed by atoms with Gasteiger partial charge in [0.1, 0.15) is 5.60 Å². The molecule has 0 spiro atoms. The molecule has 0 aliphatic carbocycles. The number of likely N-dealkylation sites (tertiary alicyclic amines) is 1. The number of amides is 1. The minimum Gasteiger partial charge on any atom is -0.444 e. The van der Waals surface area contributed by atoms with Crippen molar-refractivity contribution in [3.63, 3.8) is 0 Å². The lowest BCUT2D eigenvalue weighted by molar-refractivity contribution is 0.0287. The molecule has 88 valence electrons.